The number of hydrogen-bond donors (Lipinski definition) is 1. The van der Waals surface area contributed by atoms with Crippen LogP contribution < -0.4 is 5.32 Å². The van der Waals surface area contributed by atoms with Crippen molar-refractivity contribution in [2.24, 2.45) is 0 Å². The smallest absolute Gasteiger partial charge is 0.130 e. The molecule has 0 spiro atoms. The topological polar surface area (TPSA) is 29.9 Å². The SMILES string of the molecule is CCCn1ccnc1C(NCC)c1ccc(C)cc1Br. The van der Waals surface area contributed by atoms with Crippen molar-refractivity contribution in [2.45, 2.75) is 39.8 Å². The molecule has 2 rings (SSSR count). The summed E-state index contributed by atoms with van der Waals surface area (Å²) in [5.74, 6) is 1.08. The summed E-state index contributed by atoms with van der Waals surface area (Å²) < 4.78 is 3.37. The van der Waals surface area contributed by atoms with Crippen LogP contribution in [0.15, 0.2) is 35.1 Å². The van der Waals surface area contributed by atoms with Gasteiger partial charge in [-0.2, -0.15) is 0 Å². The summed E-state index contributed by atoms with van der Waals surface area (Å²) in [7, 11) is 0. The van der Waals surface area contributed by atoms with Gasteiger partial charge in [0.2, 0.25) is 0 Å². The highest BCUT2D eigenvalue weighted by molar-refractivity contribution is 9.10. The molecule has 0 bridgehead atoms. The minimum Gasteiger partial charge on any atom is -0.333 e. The number of imidazole rings is 1. The Hall–Kier alpha value is -1.13. The van der Waals surface area contributed by atoms with Crippen molar-refractivity contribution < 1.29 is 0 Å². The molecule has 0 saturated carbocycles. The van der Waals surface area contributed by atoms with E-state index in [-0.39, 0.29) is 6.04 Å². The monoisotopic (exact) mass is 335 g/mol. The molecular weight excluding hydrogens is 314 g/mol. The first kappa shape index (κ1) is 15.3. The van der Waals surface area contributed by atoms with Crippen molar-refractivity contribution in [1.29, 1.82) is 0 Å². The molecule has 0 fully saturated rings. The van der Waals surface area contributed by atoms with Crippen LogP contribution in [-0.2, 0) is 6.54 Å². The van der Waals surface area contributed by atoms with Gasteiger partial charge in [-0.25, -0.2) is 4.98 Å². The van der Waals surface area contributed by atoms with Gasteiger partial charge in [-0.1, -0.05) is 41.9 Å². The van der Waals surface area contributed by atoms with Gasteiger partial charge in [0.15, 0.2) is 0 Å². The predicted octanol–water partition coefficient (Wildman–Crippen LogP) is 4.06. The number of aryl methyl sites for hydroxylation is 2. The van der Waals surface area contributed by atoms with E-state index in [2.05, 4.69) is 76.0 Å². The first-order valence-electron chi connectivity index (χ1n) is 7.17. The highest BCUT2D eigenvalue weighted by atomic mass is 79.9. The third kappa shape index (κ3) is 3.30. The Morgan fingerprint density at radius 2 is 2.15 bits per heavy atom. The first-order chi connectivity index (χ1) is 9.67. The predicted molar refractivity (Wildman–Crippen MR) is 86.9 cm³/mol. The molecule has 2 aromatic rings. The van der Waals surface area contributed by atoms with E-state index in [1.165, 1.54) is 11.1 Å². The van der Waals surface area contributed by atoms with Gasteiger partial charge < -0.3 is 9.88 Å². The highest BCUT2D eigenvalue weighted by Crippen LogP contribution is 2.28. The van der Waals surface area contributed by atoms with E-state index in [1.807, 2.05) is 6.20 Å². The summed E-state index contributed by atoms with van der Waals surface area (Å²) in [6.45, 7) is 8.33. The zero-order chi connectivity index (χ0) is 14.5. The fourth-order valence-corrected chi connectivity index (χ4v) is 3.14. The van der Waals surface area contributed by atoms with Crippen LogP contribution in [0.2, 0.25) is 0 Å². The van der Waals surface area contributed by atoms with Crippen LogP contribution in [0, 0.1) is 6.92 Å². The summed E-state index contributed by atoms with van der Waals surface area (Å²) >= 11 is 3.69. The third-order valence-electron chi connectivity index (χ3n) is 3.35. The largest absolute Gasteiger partial charge is 0.333 e. The number of nitrogens with zero attached hydrogens (tertiary/aromatic N) is 2. The number of aromatic nitrogens is 2. The van der Waals surface area contributed by atoms with Crippen molar-refractivity contribution in [3.05, 3.63) is 52.0 Å². The van der Waals surface area contributed by atoms with Crippen LogP contribution in [0.25, 0.3) is 0 Å². The lowest BCUT2D eigenvalue weighted by Crippen LogP contribution is -2.25. The van der Waals surface area contributed by atoms with Gasteiger partial charge in [-0.3, -0.25) is 0 Å². The maximum atomic E-state index is 4.57. The summed E-state index contributed by atoms with van der Waals surface area (Å²) in [4.78, 5) is 4.57. The van der Waals surface area contributed by atoms with Crippen LogP contribution in [0.1, 0.15) is 43.3 Å². The molecule has 4 heteroatoms. The van der Waals surface area contributed by atoms with Crippen molar-refractivity contribution in [1.82, 2.24) is 14.9 Å². The maximum absolute atomic E-state index is 4.57. The van der Waals surface area contributed by atoms with Gasteiger partial charge in [0.25, 0.3) is 0 Å². The average Bonchev–Trinajstić information content (AvgIpc) is 2.85. The van der Waals surface area contributed by atoms with Crippen molar-refractivity contribution in [3.63, 3.8) is 0 Å². The molecule has 0 amide bonds. The molecule has 3 nitrogen and oxygen atoms in total. The van der Waals surface area contributed by atoms with Crippen molar-refractivity contribution in [3.8, 4) is 0 Å². The molecule has 1 N–H and O–H groups in total. The summed E-state index contributed by atoms with van der Waals surface area (Å²) in [6.07, 6.45) is 5.06. The molecule has 1 aromatic heterocycles. The van der Waals surface area contributed by atoms with Crippen molar-refractivity contribution in [2.75, 3.05) is 6.54 Å². The second kappa shape index (κ2) is 7.04. The minimum absolute atomic E-state index is 0.122. The number of hydrogen-bond acceptors (Lipinski definition) is 2. The Morgan fingerprint density at radius 1 is 1.35 bits per heavy atom. The Balaban J connectivity index is 2.42. The lowest BCUT2D eigenvalue weighted by molar-refractivity contribution is 0.543. The third-order valence-corrected chi connectivity index (χ3v) is 4.03. The van der Waals surface area contributed by atoms with E-state index < -0.39 is 0 Å². The Labute approximate surface area is 129 Å². The lowest BCUT2D eigenvalue weighted by atomic mass is 10.0. The molecule has 0 aliphatic heterocycles. The van der Waals surface area contributed by atoms with E-state index in [0.29, 0.717) is 0 Å². The van der Waals surface area contributed by atoms with E-state index in [4.69, 9.17) is 0 Å². The molecule has 108 valence electrons. The molecule has 0 aliphatic carbocycles. The van der Waals surface area contributed by atoms with Gasteiger partial charge in [0.1, 0.15) is 5.82 Å². The van der Waals surface area contributed by atoms with Gasteiger partial charge in [0.05, 0.1) is 6.04 Å². The summed E-state index contributed by atoms with van der Waals surface area (Å²) in [5, 5.41) is 3.55. The highest BCUT2D eigenvalue weighted by Gasteiger charge is 2.20. The van der Waals surface area contributed by atoms with Crippen LogP contribution >= 0.6 is 15.9 Å². The number of benzene rings is 1. The molecule has 1 heterocycles. The fraction of sp³-hybridized carbons (Fsp3) is 0.438. The van der Waals surface area contributed by atoms with E-state index in [9.17, 15) is 0 Å². The quantitative estimate of drug-likeness (QED) is 0.862. The van der Waals surface area contributed by atoms with Crippen molar-refractivity contribution >= 4 is 15.9 Å². The maximum Gasteiger partial charge on any atom is 0.130 e. The zero-order valence-corrected chi connectivity index (χ0v) is 13.9. The van der Waals surface area contributed by atoms with Gasteiger partial charge in [-0.15, -0.1) is 0 Å². The van der Waals surface area contributed by atoms with E-state index in [0.717, 1.165) is 29.8 Å². The number of halogens is 1. The molecular formula is C16H22BrN3. The van der Waals surface area contributed by atoms with Crippen LogP contribution in [-0.4, -0.2) is 16.1 Å². The number of nitrogens with one attached hydrogen (secondary N) is 1. The second-order valence-electron chi connectivity index (χ2n) is 4.99. The zero-order valence-electron chi connectivity index (χ0n) is 12.4. The Kier molecular flexibility index (Phi) is 5.38. The van der Waals surface area contributed by atoms with Crippen LogP contribution in [0.4, 0.5) is 0 Å². The molecule has 0 saturated heterocycles. The Bertz CT molecular complexity index is 563. The average molecular weight is 336 g/mol. The summed E-state index contributed by atoms with van der Waals surface area (Å²) in [5.41, 5.74) is 2.49. The molecule has 1 aromatic carbocycles. The van der Waals surface area contributed by atoms with Crippen LogP contribution in [0.5, 0.6) is 0 Å². The van der Waals surface area contributed by atoms with E-state index in [1.54, 1.807) is 0 Å². The standard InChI is InChI=1S/C16H22BrN3/c1-4-9-20-10-8-19-16(20)15(18-5-2)13-7-6-12(3)11-14(13)17/h6-8,10-11,15,18H,4-5,9H2,1-3H3. The van der Waals surface area contributed by atoms with E-state index >= 15 is 0 Å². The molecule has 20 heavy (non-hydrogen) atoms. The van der Waals surface area contributed by atoms with Gasteiger partial charge in [0, 0.05) is 23.4 Å². The van der Waals surface area contributed by atoms with Gasteiger partial charge >= 0.3 is 0 Å². The van der Waals surface area contributed by atoms with Crippen LogP contribution in [0.3, 0.4) is 0 Å². The molecule has 0 aliphatic rings. The Morgan fingerprint density at radius 3 is 2.80 bits per heavy atom. The first-order valence-corrected chi connectivity index (χ1v) is 7.97. The molecule has 0 radical (unpaired) electrons. The second-order valence-corrected chi connectivity index (χ2v) is 5.85. The normalized spacial score (nSPS) is 12.6. The molecule has 1 atom stereocenters. The van der Waals surface area contributed by atoms with Gasteiger partial charge in [-0.05, 0) is 37.1 Å². The number of rotatable bonds is 6. The summed E-state index contributed by atoms with van der Waals surface area (Å²) in [6, 6.07) is 6.61. The lowest BCUT2D eigenvalue weighted by Gasteiger charge is -2.21. The fourth-order valence-electron chi connectivity index (χ4n) is 2.42. The molecule has 1 unspecified atom stereocenters. The minimum atomic E-state index is 0.122.